The molecule has 24 heavy (non-hydrogen) atoms. The molecule has 3 rings (SSSR count). The van der Waals surface area contributed by atoms with E-state index >= 15 is 0 Å². The summed E-state index contributed by atoms with van der Waals surface area (Å²) in [6.45, 7) is 0. The number of nitro benzene ring substituents is 1. The Bertz CT molecular complexity index is 918. The van der Waals surface area contributed by atoms with Gasteiger partial charge in [-0.25, -0.2) is 9.97 Å². The minimum Gasteiger partial charge on any atom is -0.324 e. The van der Waals surface area contributed by atoms with Crippen molar-refractivity contribution < 1.29 is 4.92 Å². The molecule has 0 saturated carbocycles. The van der Waals surface area contributed by atoms with Gasteiger partial charge in [-0.2, -0.15) is 0 Å². The predicted molar refractivity (Wildman–Crippen MR) is 93.9 cm³/mol. The molecule has 0 bridgehead atoms. The Hall–Kier alpha value is -2.70. The van der Waals surface area contributed by atoms with Gasteiger partial charge in [0.2, 0.25) is 5.95 Å². The Kier molecular flexibility index (Phi) is 4.59. The third-order valence-electron chi connectivity index (χ3n) is 3.18. The lowest BCUT2D eigenvalue weighted by Gasteiger charge is -2.07. The monoisotopic (exact) mass is 360 g/mol. The lowest BCUT2D eigenvalue weighted by atomic mass is 10.1. The Labute approximate surface area is 147 Å². The van der Waals surface area contributed by atoms with Gasteiger partial charge in [-0.3, -0.25) is 10.1 Å². The van der Waals surface area contributed by atoms with Gasteiger partial charge >= 0.3 is 0 Å². The van der Waals surface area contributed by atoms with Crippen molar-refractivity contribution >= 4 is 40.5 Å². The molecule has 0 fully saturated rings. The zero-order valence-corrected chi connectivity index (χ0v) is 13.6. The van der Waals surface area contributed by atoms with Crippen molar-refractivity contribution in [3.05, 3.63) is 74.9 Å². The maximum absolute atomic E-state index is 10.8. The number of hydrogen-bond donors (Lipinski definition) is 1. The number of halogens is 2. The maximum Gasteiger partial charge on any atom is 0.271 e. The number of nitrogens with zero attached hydrogens (tertiary/aromatic N) is 3. The van der Waals surface area contributed by atoms with Gasteiger partial charge in [0.1, 0.15) is 0 Å². The van der Waals surface area contributed by atoms with Crippen molar-refractivity contribution in [2.45, 2.75) is 0 Å². The number of hydrogen-bond acceptors (Lipinski definition) is 5. The van der Waals surface area contributed by atoms with Gasteiger partial charge in [-0.1, -0.05) is 35.3 Å². The van der Waals surface area contributed by atoms with Gasteiger partial charge < -0.3 is 5.32 Å². The molecule has 0 unspecified atom stereocenters. The minimum atomic E-state index is -0.460. The topological polar surface area (TPSA) is 81.0 Å². The summed E-state index contributed by atoms with van der Waals surface area (Å²) in [6, 6.07) is 13.0. The van der Waals surface area contributed by atoms with Crippen LogP contribution in [0.4, 0.5) is 17.3 Å². The lowest BCUT2D eigenvalue weighted by molar-refractivity contribution is -0.384. The molecule has 0 atom stereocenters. The average molecular weight is 361 g/mol. The summed E-state index contributed by atoms with van der Waals surface area (Å²) in [7, 11) is 0. The first-order valence-electron chi connectivity index (χ1n) is 6.83. The van der Waals surface area contributed by atoms with Crippen LogP contribution in [0.5, 0.6) is 0 Å². The Balaban J connectivity index is 1.89. The summed E-state index contributed by atoms with van der Waals surface area (Å²) in [5, 5.41) is 14.7. The highest BCUT2D eigenvalue weighted by molar-refractivity contribution is 6.42. The van der Waals surface area contributed by atoms with Gasteiger partial charge in [-0.05, 0) is 24.3 Å². The second-order valence-corrected chi connectivity index (χ2v) is 5.64. The molecule has 6 nitrogen and oxygen atoms in total. The summed E-state index contributed by atoms with van der Waals surface area (Å²) in [4.78, 5) is 18.9. The molecule has 0 aliphatic rings. The predicted octanol–water partition coefficient (Wildman–Crippen LogP) is 5.10. The fourth-order valence-corrected chi connectivity index (χ4v) is 2.36. The van der Waals surface area contributed by atoms with E-state index in [0.29, 0.717) is 27.4 Å². The Morgan fingerprint density at radius 1 is 1.04 bits per heavy atom. The van der Waals surface area contributed by atoms with Crippen LogP contribution >= 0.6 is 23.2 Å². The molecule has 0 aliphatic carbocycles. The third kappa shape index (κ3) is 3.61. The maximum atomic E-state index is 10.8. The van der Waals surface area contributed by atoms with Gasteiger partial charge in [-0.15, -0.1) is 0 Å². The van der Waals surface area contributed by atoms with E-state index in [1.807, 2.05) is 0 Å². The van der Waals surface area contributed by atoms with Gasteiger partial charge in [0.25, 0.3) is 5.69 Å². The van der Waals surface area contributed by atoms with Crippen molar-refractivity contribution in [3.8, 4) is 11.3 Å². The van der Waals surface area contributed by atoms with E-state index in [-0.39, 0.29) is 5.69 Å². The lowest BCUT2D eigenvalue weighted by Crippen LogP contribution is -1.98. The van der Waals surface area contributed by atoms with Crippen molar-refractivity contribution in [2.75, 3.05) is 5.32 Å². The van der Waals surface area contributed by atoms with Crippen molar-refractivity contribution in [1.82, 2.24) is 9.97 Å². The molecule has 0 amide bonds. The number of anilines is 2. The number of aromatic nitrogens is 2. The standard InChI is InChI=1S/C16H10Cl2N4O2/c17-13-5-4-10(8-14(13)18)15-6-7-19-16(21-15)20-11-2-1-3-12(9-11)22(23)24/h1-9H,(H,19,20,21). The van der Waals surface area contributed by atoms with E-state index in [1.165, 1.54) is 12.1 Å². The smallest absolute Gasteiger partial charge is 0.271 e. The molecule has 3 aromatic rings. The summed E-state index contributed by atoms with van der Waals surface area (Å²) >= 11 is 11.9. The van der Waals surface area contributed by atoms with E-state index < -0.39 is 4.92 Å². The molecular weight excluding hydrogens is 351 g/mol. The third-order valence-corrected chi connectivity index (χ3v) is 3.92. The molecule has 1 heterocycles. The van der Waals surface area contributed by atoms with Crippen molar-refractivity contribution in [2.24, 2.45) is 0 Å². The van der Waals surface area contributed by atoms with Crippen LogP contribution in [0.1, 0.15) is 0 Å². The highest BCUT2D eigenvalue weighted by Gasteiger charge is 2.08. The quantitative estimate of drug-likeness (QED) is 0.516. The highest BCUT2D eigenvalue weighted by Crippen LogP contribution is 2.28. The van der Waals surface area contributed by atoms with Crippen LogP contribution in [-0.2, 0) is 0 Å². The number of non-ortho nitro benzene ring substituents is 1. The van der Waals surface area contributed by atoms with Crippen LogP contribution in [0.15, 0.2) is 54.7 Å². The van der Waals surface area contributed by atoms with Gasteiger partial charge in [0, 0.05) is 29.6 Å². The first-order valence-corrected chi connectivity index (χ1v) is 7.58. The average Bonchev–Trinajstić information content (AvgIpc) is 2.58. The largest absolute Gasteiger partial charge is 0.324 e. The summed E-state index contributed by atoms with van der Waals surface area (Å²) < 4.78 is 0. The van der Waals surface area contributed by atoms with Crippen molar-refractivity contribution in [1.29, 1.82) is 0 Å². The van der Waals surface area contributed by atoms with Gasteiger partial charge in [0.15, 0.2) is 0 Å². The SMILES string of the molecule is O=[N+]([O-])c1cccc(Nc2nccc(-c3ccc(Cl)c(Cl)c3)n2)c1. The highest BCUT2D eigenvalue weighted by atomic mass is 35.5. The molecule has 8 heteroatoms. The molecule has 0 spiro atoms. The second kappa shape index (κ2) is 6.82. The van der Waals surface area contributed by atoms with E-state index in [0.717, 1.165) is 5.56 Å². The molecule has 0 aliphatic heterocycles. The van der Waals surface area contributed by atoms with E-state index in [1.54, 1.807) is 42.6 Å². The zero-order valence-electron chi connectivity index (χ0n) is 12.1. The summed E-state index contributed by atoms with van der Waals surface area (Å²) in [6.07, 6.45) is 1.59. The van der Waals surface area contributed by atoms with Crippen LogP contribution in [0.2, 0.25) is 10.0 Å². The number of benzene rings is 2. The fraction of sp³-hybridized carbons (Fsp3) is 0. The number of nitro groups is 1. The Morgan fingerprint density at radius 3 is 2.62 bits per heavy atom. The summed E-state index contributed by atoms with van der Waals surface area (Å²) in [5.74, 6) is 0.319. The van der Waals surface area contributed by atoms with Crippen LogP contribution in [-0.4, -0.2) is 14.9 Å². The van der Waals surface area contributed by atoms with E-state index in [2.05, 4.69) is 15.3 Å². The molecular formula is C16H10Cl2N4O2. The molecule has 120 valence electrons. The molecule has 0 radical (unpaired) electrons. The summed E-state index contributed by atoms with van der Waals surface area (Å²) in [5.41, 5.74) is 1.95. The minimum absolute atomic E-state index is 0.0133. The van der Waals surface area contributed by atoms with Crippen LogP contribution in [0.3, 0.4) is 0 Å². The molecule has 0 saturated heterocycles. The number of rotatable bonds is 4. The van der Waals surface area contributed by atoms with Crippen molar-refractivity contribution in [3.63, 3.8) is 0 Å². The first-order chi connectivity index (χ1) is 11.5. The van der Waals surface area contributed by atoms with E-state index in [4.69, 9.17) is 23.2 Å². The normalized spacial score (nSPS) is 10.4. The molecule has 1 aromatic heterocycles. The number of nitrogens with one attached hydrogen (secondary N) is 1. The molecule has 1 N–H and O–H groups in total. The van der Waals surface area contributed by atoms with Crippen LogP contribution in [0, 0.1) is 10.1 Å². The molecule has 2 aromatic carbocycles. The van der Waals surface area contributed by atoms with Crippen LogP contribution < -0.4 is 5.32 Å². The van der Waals surface area contributed by atoms with E-state index in [9.17, 15) is 10.1 Å². The second-order valence-electron chi connectivity index (χ2n) is 4.83. The Morgan fingerprint density at radius 2 is 1.88 bits per heavy atom. The van der Waals surface area contributed by atoms with Gasteiger partial charge in [0.05, 0.1) is 20.7 Å². The first kappa shape index (κ1) is 16.2. The fourth-order valence-electron chi connectivity index (χ4n) is 2.06. The van der Waals surface area contributed by atoms with Crippen LogP contribution in [0.25, 0.3) is 11.3 Å². The zero-order chi connectivity index (χ0) is 17.1.